The van der Waals surface area contributed by atoms with E-state index in [0.717, 1.165) is 25.2 Å². The second kappa shape index (κ2) is 4.70. The first-order valence-corrected chi connectivity index (χ1v) is 4.56. The summed E-state index contributed by atoms with van der Waals surface area (Å²) in [5.41, 5.74) is 0.917. The zero-order valence-corrected chi connectivity index (χ0v) is 8.29. The molecule has 0 unspecified atom stereocenters. The van der Waals surface area contributed by atoms with Gasteiger partial charge in [0, 0.05) is 13.1 Å². The maximum absolute atomic E-state index is 5.30. The summed E-state index contributed by atoms with van der Waals surface area (Å²) < 4.78 is 5.30. The number of anilines is 1. The number of hydrogen-bond donors (Lipinski definition) is 0. The normalized spacial score (nSPS) is 10.0. The van der Waals surface area contributed by atoms with Gasteiger partial charge in [-0.25, -0.2) is 0 Å². The average molecular weight is 180 g/mol. The molecule has 0 spiro atoms. The fourth-order valence-corrected chi connectivity index (χ4v) is 1.18. The number of oxazole rings is 1. The highest BCUT2D eigenvalue weighted by Gasteiger charge is 2.08. The van der Waals surface area contributed by atoms with Gasteiger partial charge < -0.3 is 9.32 Å². The Balaban J connectivity index is 2.68. The maximum atomic E-state index is 5.30. The molecule has 1 aromatic rings. The van der Waals surface area contributed by atoms with Gasteiger partial charge in [0.25, 0.3) is 6.01 Å². The third kappa shape index (κ3) is 2.61. The molecule has 1 aromatic heterocycles. The summed E-state index contributed by atoms with van der Waals surface area (Å²) in [5.74, 6) is 0. The first-order chi connectivity index (χ1) is 6.27. The lowest BCUT2D eigenvalue weighted by atomic mass is 10.4. The van der Waals surface area contributed by atoms with Crippen LogP contribution < -0.4 is 4.90 Å². The molecule has 1 rings (SSSR count). The minimum atomic E-state index is 0.694. The van der Waals surface area contributed by atoms with Gasteiger partial charge in [-0.05, 0) is 13.3 Å². The Bertz CT molecular complexity index is 268. The molecule has 3 nitrogen and oxygen atoms in total. The zero-order valence-electron chi connectivity index (χ0n) is 8.29. The largest absolute Gasteiger partial charge is 0.432 e. The number of aromatic nitrogens is 1. The van der Waals surface area contributed by atoms with E-state index >= 15 is 0 Å². The van der Waals surface area contributed by atoms with E-state index in [2.05, 4.69) is 23.4 Å². The van der Waals surface area contributed by atoms with Crippen LogP contribution in [0.15, 0.2) is 23.3 Å². The molecule has 0 aromatic carbocycles. The van der Waals surface area contributed by atoms with Crippen LogP contribution in [0.25, 0.3) is 0 Å². The first kappa shape index (κ1) is 9.84. The average Bonchev–Trinajstić information content (AvgIpc) is 2.51. The van der Waals surface area contributed by atoms with E-state index < -0.39 is 0 Å². The van der Waals surface area contributed by atoms with Crippen LogP contribution in [0.1, 0.15) is 19.0 Å². The van der Waals surface area contributed by atoms with Crippen molar-refractivity contribution in [3.8, 4) is 0 Å². The number of aryl methyl sites for hydroxylation is 1. The topological polar surface area (TPSA) is 29.3 Å². The maximum Gasteiger partial charge on any atom is 0.297 e. The second-order valence-electron chi connectivity index (χ2n) is 3.01. The van der Waals surface area contributed by atoms with Gasteiger partial charge in [0.05, 0.1) is 5.69 Å². The summed E-state index contributed by atoms with van der Waals surface area (Å²) in [7, 11) is 0. The molecule has 0 aliphatic carbocycles. The molecule has 0 fully saturated rings. The summed E-state index contributed by atoms with van der Waals surface area (Å²) in [6, 6.07) is 0.694. The molecule has 0 bridgehead atoms. The van der Waals surface area contributed by atoms with Crippen LogP contribution in [0.3, 0.4) is 0 Å². The Kier molecular flexibility index (Phi) is 3.55. The number of nitrogens with zero attached hydrogens (tertiary/aromatic N) is 2. The molecule has 0 atom stereocenters. The lowest BCUT2D eigenvalue weighted by Gasteiger charge is -2.16. The molecular weight excluding hydrogens is 164 g/mol. The van der Waals surface area contributed by atoms with E-state index in [0.29, 0.717) is 6.01 Å². The Hall–Kier alpha value is -1.25. The van der Waals surface area contributed by atoms with Crippen LogP contribution in [-0.4, -0.2) is 18.1 Å². The van der Waals surface area contributed by atoms with Crippen molar-refractivity contribution in [1.82, 2.24) is 4.98 Å². The summed E-state index contributed by atoms with van der Waals surface area (Å²) >= 11 is 0. The van der Waals surface area contributed by atoms with Gasteiger partial charge in [-0.2, -0.15) is 4.98 Å². The standard InChI is InChI=1S/C10H16N2O/c1-4-6-12(7-5-2)10-11-9(3)8-13-10/h4,8H,1,5-7H2,2-3H3. The molecule has 0 saturated carbocycles. The van der Waals surface area contributed by atoms with Crippen LogP contribution >= 0.6 is 0 Å². The van der Waals surface area contributed by atoms with Gasteiger partial charge in [-0.3, -0.25) is 0 Å². The van der Waals surface area contributed by atoms with E-state index in [1.807, 2.05) is 13.0 Å². The van der Waals surface area contributed by atoms with Crippen molar-refractivity contribution in [2.45, 2.75) is 20.3 Å². The lowest BCUT2D eigenvalue weighted by molar-refractivity contribution is 0.538. The van der Waals surface area contributed by atoms with Gasteiger partial charge in [0.1, 0.15) is 6.26 Å². The third-order valence-electron chi connectivity index (χ3n) is 1.72. The molecule has 0 radical (unpaired) electrons. The van der Waals surface area contributed by atoms with Crippen molar-refractivity contribution in [2.24, 2.45) is 0 Å². The molecule has 0 aliphatic rings. The Morgan fingerprint density at radius 2 is 2.46 bits per heavy atom. The zero-order chi connectivity index (χ0) is 9.68. The van der Waals surface area contributed by atoms with Crippen molar-refractivity contribution in [1.29, 1.82) is 0 Å². The van der Waals surface area contributed by atoms with Crippen LogP contribution in [0, 0.1) is 6.92 Å². The minimum absolute atomic E-state index is 0.694. The molecule has 0 N–H and O–H groups in total. The van der Waals surface area contributed by atoms with Gasteiger partial charge in [-0.15, -0.1) is 6.58 Å². The van der Waals surface area contributed by atoms with Gasteiger partial charge in [0.15, 0.2) is 0 Å². The summed E-state index contributed by atoms with van der Waals surface area (Å²) in [5, 5.41) is 0. The van der Waals surface area contributed by atoms with Gasteiger partial charge >= 0.3 is 0 Å². The van der Waals surface area contributed by atoms with E-state index in [-0.39, 0.29) is 0 Å². The predicted molar refractivity (Wildman–Crippen MR) is 53.9 cm³/mol. The fraction of sp³-hybridized carbons (Fsp3) is 0.500. The molecule has 0 saturated heterocycles. The first-order valence-electron chi connectivity index (χ1n) is 4.56. The van der Waals surface area contributed by atoms with Gasteiger partial charge in [-0.1, -0.05) is 13.0 Å². The van der Waals surface area contributed by atoms with Crippen molar-refractivity contribution in [2.75, 3.05) is 18.0 Å². The lowest BCUT2D eigenvalue weighted by Crippen LogP contribution is -2.24. The van der Waals surface area contributed by atoms with E-state index in [1.165, 1.54) is 0 Å². The third-order valence-corrected chi connectivity index (χ3v) is 1.72. The van der Waals surface area contributed by atoms with Crippen LogP contribution in [0.2, 0.25) is 0 Å². The highest BCUT2D eigenvalue weighted by atomic mass is 16.4. The SMILES string of the molecule is C=CCN(CCC)c1nc(C)co1. The van der Waals surface area contributed by atoms with E-state index in [9.17, 15) is 0 Å². The quantitative estimate of drug-likeness (QED) is 0.651. The molecule has 0 aliphatic heterocycles. The molecule has 13 heavy (non-hydrogen) atoms. The Morgan fingerprint density at radius 1 is 1.69 bits per heavy atom. The van der Waals surface area contributed by atoms with E-state index in [1.54, 1.807) is 6.26 Å². The van der Waals surface area contributed by atoms with Crippen molar-refractivity contribution < 1.29 is 4.42 Å². The second-order valence-corrected chi connectivity index (χ2v) is 3.01. The molecule has 1 heterocycles. The van der Waals surface area contributed by atoms with Crippen LogP contribution in [0.5, 0.6) is 0 Å². The Labute approximate surface area is 79.1 Å². The van der Waals surface area contributed by atoms with Crippen molar-refractivity contribution in [3.05, 3.63) is 24.6 Å². The van der Waals surface area contributed by atoms with Crippen molar-refractivity contribution >= 4 is 6.01 Å². The summed E-state index contributed by atoms with van der Waals surface area (Å²) in [6.07, 6.45) is 4.60. The van der Waals surface area contributed by atoms with Crippen LogP contribution in [-0.2, 0) is 0 Å². The summed E-state index contributed by atoms with van der Waals surface area (Å²) in [4.78, 5) is 6.33. The van der Waals surface area contributed by atoms with Crippen molar-refractivity contribution in [3.63, 3.8) is 0 Å². The van der Waals surface area contributed by atoms with Crippen LogP contribution in [0.4, 0.5) is 6.01 Å². The number of hydrogen-bond acceptors (Lipinski definition) is 3. The number of rotatable bonds is 5. The van der Waals surface area contributed by atoms with E-state index in [4.69, 9.17) is 4.42 Å². The molecule has 3 heteroatoms. The predicted octanol–water partition coefficient (Wildman–Crippen LogP) is 2.39. The monoisotopic (exact) mass is 180 g/mol. The smallest absolute Gasteiger partial charge is 0.297 e. The highest BCUT2D eigenvalue weighted by molar-refractivity contribution is 5.27. The minimum Gasteiger partial charge on any atom is -0.432 e. The van der Waals surface area contributed by atoms with Gasteiger partial charge in [0.2, 0.25) is 0 Å². The molecular formula is C10H16N2O. The molecule has 0 amide bonds. The highest BCUT2D eigenvalue weighted by Crippen LogP contribution is 2.12. The Morgan fingerprint density at radius 3 is 2.92 bits per heavy atom. The summed E-state index contributed by atoms with van der Waals surface area (Å²) in [6.45, 7) is 9.49. The fourth-order valence-electron chi connectivity index (χ4n) is 1.18. The molecule has 72 valence electrons.